The van der Waals surface area contributed by atoms with Crippen molar-refractivity contribution in [2.75, 3.05) is 26.1 Å². The Bertz CT molecular complexity index is 719. The molecule has 0 spiro atoms. The van der Waals surface area contributed by atoms with Crippen LogP contribution >= 0.6 is 0 Å². The van der Waals surface area contributed by atoms with Gasteiger partial charge in [-0.3, -0.25) is 4.79 Å². The van der Waals surface area contributed by atoms with Gasteiger partial charge in [-0.05, 0) is 49.7 Å². The van der Waals surface area contributed by atoms with Crippen molar-refractivity contribution in [2.45, 2.75) is 25.8 Å². The highest BCUT2D eigenvalue weighted by atomic mass is 19.1. The molecule has 2 N–H and O–H groups in total. The van der Waals surface area contributed by atoms with E-state index in [0.717, 1.165) is 12.0 Å². The van der Waals surface area contributed by atoms with Crippen LogP contribution in [0.5, 0.6) is 11.5 Å². The first-order valence-electron chi connectivity index (χ1n) is 8.51. The van der Waals surface area contributed by atoms with Gasteiger partial charge < -0.3 is 20.1 Å². The molecule has 2 aromatic rings. The van der Waals surface area contributed by atoms with E-state index < -0.39 is 0 Å². The summed E-state index contributed by atoms with van der Waals surface area (Å²) in [7, 11) is 3.12. The minimum absolute atomic E-state index is 0.00653. The second-order valence-corrected chi connectivity index (χ2v) is 6.05. The van der Waals surface area contributed by atoms with Crippen molar-refractivity contribution in [3.63, 3.8) is 0 Å². The Morgan fingerprint density at radius 1 is 1.12 bits per heavy atom. The number of halogens is 1. The molecule has 0 aromatic heterocycles. The molecule has 0 bridgehead atoms. The number of amides is 1. The molecule has 5 nitrogen and oxygen atoms in total. The number of hydrogen-bond acceptors (Lipinski definition) is 4. The highest BCUT2D eigenvalue weighted by molar-refractivity contribution is 5.92. The molecule has 0 saturated carbocycles. The lowest BCUT2D eigenvalue weighted by molar-refractivity contribution is -0.116. The summed E-state index contributed by atoms with van der Waals surface area (Å²) in [5.41, 5.74) is 1.63. The van der Waals surface area contributed by atoms with Gasteiger partial charge in [0.25, 0.3) is 0 Å². The first kappa shape index (κ1) is 19.7. The van der Waals surface area contributed by atoms with Gasteiger partial charge in [-0.25, -0.2) is 4.39 Å². The summed E-state index contributed by atoms with van der Waals surface area (Å²) in [4.78, 5) is 12.3. The number of benzene rings is 2. The van der Waals surface area contributed by atoms with Gasteiger partial charge in [0.05, 0.1) is 19.9 Å². The largest absolute Gasteiger partial charge is 0.497 e. The van der Waals surface area contributed by atoms with E-state index in [-0.39, 0.29) is 17.8 Å². The molecule has 1 amide bonds. The van der Waals surface area contributed by atoms with Crippen LogP contribution in [0, 0.1) is 5.82 Å². The molecule has 0 fully saturated rings. The Hall–Kier alpha value is -2.60. The van der Waals surface area contributed by atoms with E-state index in [1.54, 1.807) is 44.6 Å². The minimum Gasteiger partial charge on any atom is -0.497 e. The average Bonchev–Trinajstić information content (AvgIpc) is 2.63. The van der Waals surface area contributed by atoms with E-state index in [0.29, 0.717) is 30.2 Å². The highest BCUT2D eigenvalue weighted by Crippen LogP contribution is 2.28. The molecule has 6 heteroatoms. The number of methoxy groups -OCH3 is 2. The number of nitrogens with one attached hydrogen (secondary N) is 2. The maximum atomic E-state index is 12.9. The normalized spacial score (nSPS) is 11.7. The second kappa shape index (κ2) is 9.77. The van der Waals surface area contributed by atoms with Gasteiger partial charge in [-0.2, -0.15) is 0 Å². The van der Waals surface area contributed by atoms with Crippen LogP contribution in [0.3, 0.4) is 0 Å². The van der Waals surface area contributed by atoms with Gasteiger partial charge in [0.15, 0.2) is 0 Å². The van der Waals surface area contributed by atoms with Crippen LogP contribution in [0.4, 0.5) is 10.1 Å². The number of carbonyl (C=O) groups is 1. The molecule has 140 valence electrons. The molecule has 1 unspecified atom stereocenters. The van der Waals surface area contributed by atoms with Gasteiger partial charge in [-0.1, -0.05) is 12.1 Å². The van der Waals surface area contributed by atoms with Gasteiger partial charge in [0, 0.05) is 18.5 Å². The fourth-order valence-electron chi connectivity index (χ4n) is 2.58. The van der Waals surface area contributed by atoms with Gasteiger partial charge >= 0.3 is 0 Å². The number of hydrogen-bond donors (Lipinski definition) is 2. The van der Waals surface area contributed by atoms with Crippen molar-refractivity contribution in [2.24, 2.45) is 0 Å². The quantitative estimate of drug-likeness (QED) is 0.720. The Morgan fingerprint density at radius 2 is 1.85 bits per heavy atom. The highest BCUT2D eigenvalue weighted by Gasteiger charge is 2.12. The Labute approximate surface area is 153 Å². The van der Waals surface area contributed by atoms with E-state index in [2.05, 4.69) is 10.6 Å². The smallest absolute Gasteiger partial charge is 0.226 e. The monoisotopic (exact) mass is 360 g/mol. The second-order valence-electron chi connectivity index (χ2n) is 6.05. The van der Waals surface area contributed by atoms with Gasteiger partial charge in [0.2, 0.25) is 5.91 Å². The lowest BCUT2D eigenvalue weighted by atomic mass is 10.1. The molecular weight excluding hydrogens is 335 g/mol. The number of rotatable bonds is 9. The van der Waals surface area contributed by atoms with Gasteiger partial charge in [-0.15, -0.1) is 0 Å². The Kier molecular flexibility index (Phi) is 7.41. The summed E-state index contributed by atoms with van der Waals surface area (Å²) in [6.45, 7) is 2.66. The summed E-state index contributed by atoms with van der Waals surface area (Å²) in [5.74, 6) is 0.876. The SMILES string of the molecule is COc1ccc(OC)c(NC(=O)CC(C)NCCc2ccc(F)cc2)c1. The Balaban J connectivity index is 1.80. The fraction of sp³-hybridized carbons (Fsp3) is 0.350. The zero-order valence-electron chi connectivity index (χ0n) is 15.3. The molecular formula is C20H25FN2O3. The van der Waals surface area contributed by atoms with Crippen LogP contribution in [0.2, 0.25) is 0 Å². The van der Waals surface area contributed by atoms with Crippen molar-refractivity contribution in [1.29, 1.82) is 0 Å². The van der Waals surface area contributed by atoms with Crippen LogP contribution in [0.25, 0.3) is 0 Å². The molecule has 26 heavy (non-hydrogen) atoms. The van der Waals surface area contributed by atoms with Crippen molar-refractivity contribution >= 4 is 11.6 Å². The molecule has 0 aliphatic heterocycles. The van der Waals surface area contributed by atoms with Crippen LogP contribution in [-0.4, -0.2) is 32.7 Å². The van der Waals surface area contributed by atoms with E-state index in [1.165, 1.54) is 12.1 Å². The average molecular weight is 360 g/mol. The van der Waals surface area contributed by atoms with E-state index >= 15 is 0 Å². The zero-order chi connectivity index (χ0) is 18.9. The van der Waals surface area contributed by atoms with Crippen LogP contribution < -0.4 is 20.1 Å². The van der Waals surface area contributed by atoms with E-state index in [1.807, 2.05) is 6.92 Å². The van der Waals surface area contributed by atoms with Crippen molar-refractivity contribution in [3.8, 4) is 11.5 Å². The molecule has 2 aromatic carbocycles. The topological polar surface area (TPSA) is 59.6 Å². The third kappa shape index (κ3) is 6.04. The lowest BCUT2D eigenvalue weighted by Gasteiger charge is -2.15. The lowest BCUT2D eigenvalue weighted by Crippen LogP contribution is -2.32. The first-order chi connectivity index (χ1) is 12.5. The summed E-state index contributed by atoms with van der Waals surface area (Å²) in [6.07, 6.45) is 1.10. The molecule has 1 atom stereocenters. The van der Waals surface area contributed by atoms with Crippen LogP contribution in [0.1, 0.15) is 18.9 Å². The summed E-state index contributed by atoms with van der Waals surface area (Å²) in [6, 6.07) is 11.7. The van der Waals surface area contributed by atoms with E-state index in [9.17, 15) is 9.18 Å². The third-order valence-corrected chi connectivity index (χ3v) is 3.99. The summed E-state index contributed by atoms with van der Waals surface area (Å²) < 4.78 is 23.3. The fourth-order valence-corrected chi connectivity index (χ4v) is 2.58. The molecule has 0 saturated heterocycles. The molecule has 0 heterocycles. The van der Waals surface area contributed by atoms with Crippen LogP contribution in [-0.2, 0) is 11.2 Å². The van der Waals surface area contributed by atoms with Crippen LogP contribution in [0.15, 0.2) is 42.5 Å². The van der Waals surface area contributed by atoms with Gasteiger partial charge in [0.1, 0.15) is 17.3 Å². The Morgan fingerprint density at radius 3 is 2.50 bits per heavy atom. The van der Waals surface area contributed by atoms with E-state index in [4.69, 9.17) is 9.47 Å². The van der Waals surface area contributed by atoms with Crippen molar-refractivity contribution in [1.82, 2.24) is 5.32 Å². The van der Waals surface area contributed by atoms with Crippen molar-refractivity contribution in [3.05, 3.63) is 53.8 Å². The number of carbonyl (C=O) groups excluding carboxylic acids is 1. The van der Waals surface area contributed by atoms with Crippen molar-refractivity contribution < 1.29 is 18.7 Å². The third-order valence-electron chi connectivity index (χ3n) is 3.99. The zero-order valence-corrected chi connectivity index (χ0v) is 15.3. The maximum absolute atomic E-state index is 12.9. The molecule has 0 radical (unpaired) electrons. The standard InChI is InChI=1S/C20H25FN2O3/c1-14(22-11-10-15-4-6-16(21)7-5-15)12-20(24)23-18-13-17(25-2)8-9-19(18)26-3/h4-9,13-14,22H,10-12H2,1-3H3,(H,23,24). The predicted octanol–water partition coefficient (Wildman–Crippen LogP) is 3.39. The summed E-state index contributed by atoms with van der Waals surface area (Å²) in [5, 5.41) is 6.16. The summed E-state index contributed by atoms with van der Waals surface area (Å²) >= 11 is 0. The maximum Gasteiger partial charge on any atom is 0.226 e. The number of ether oxygens (including phenoxy) is 2. The predicted molar refractivity (Wildman–Crippen MR) is 100 cm³/mol. The molecule has 2 rings (SSSR count). The molecule has 0 aliphatic carbocycles. The number of anilines is 1. The minimum atomic E-state index is -0.236. The molecule has 0 aliphatic rings. The first-order valence-corrected chi connectivity index (χ1v) is 8.51.